The second kappa shape index (κ2) is 5.96. The van der Waals surface area contributed by atoms with E-state index in [0.29, 0.717) is 21.5 Å². The molecule has 1 heterocycles. The van der Waals surface area contributed by atoms with Gasteiger partial charge in [0.2, 0.25) is 0 Å². The molecular formula is C16H14Cl2N2O. The number of anilines is 1. The van der Waals surface area contributed by atoms with Crippen molar-refractivity contribution in [1.82, 2.24) is 0 Å². The van der Waals surface area contributed by atoms with Crippen molar-refractivity contribution in [3.05, 3.63) is 63.4 Å². The highest BCUT2D eigenvalue weighted by atomic mass is 35.5. The fraction of sp³-hybridized carbons (Fsp3) is 0.188. The van der Waals surface area contributed by atoms with Crippen LogP contribution in [0.25, 0.3) is 0 Å². The van der Waals surface area contributed by atoms with Gasteiger partial charge in [-0.15, -0.1) is 0 Å². The van der Waals surface area contributed by atoms with Gasteiger partial charge >= 0.3 is 0 Å². The number of dihydropyridines is 1. The van der Waals surface area contributed by atoms with Gasteiger partial charge in [0.05, 0.1) is 22.3 Å². The molecule has 1 aliphatic carbocycles. The van der Waals surface area contributed by atoms with Crippen LogP contribution in [0.2, 0.25) is 10.0 Å². The number of fused-ring (bicyclic) bond motifs is 1. The molecule has 0 radical (unpaired) electrons. The van der Waals surface area contributed by atoms with Gasteiger partial charge in [-0.05, 0) is 30.2 Å². The Kier molecular flexibility index (Phi) is 4.04. The topological polar surface area (TPSA) is 47.6 Å². The van der Waals surface area contributed by atoms with E-state index in [0.717, 1.165) is 17.6 Å². The van der Waals surface area contributed by atoms with Gasteiger partial charge < -0.3 is 10.5 Å². The normalized spacial score (nSPS) is 19.8. The number of hydrogen-bond donors (Lipinski definition) is 1. The van der Waals surface area contributed by atoms with E-state index in [1.807, 2.05) is 12.2 Å². The van der Waals surface area contributed by atoms with Crippen LogP contribution in [-0.4, -0.2) is 12.3 Å². The Labute approximate surface area is 133 Å². The number of nitrogen functional groups attached to an aromatic ring is 1. The van der Waals surface area contributed by atoms with Crippen molar-refractivity contribution in [1.29, 1.82) is 0 Å². The van der Waals surface area contributed by atoms with Crippen molar-refractivity contribution in [2.24, 2.45) is 4.99 Å². The third-order valence-corrected chi connectivity index (χ3v) is 4.08. The molecule has 0 spiro atoms. The molecule has 0 aromatic heterocycles. The van der Waals surface area contributed by atoms with E-state index in [-0.39, 0.29) is 12.6 Å². The minimum Gasteiger partial charge on any atom is -0.487 e. The molecular weight excluding hydrogens is 307 g/mol. The molecule has 2 aliphatic rings. The Hall–Kier alpha value is -1.71. The van der Waals surface area contributed by atoms with Crippen molar-refractivity contribution in [2.75, 3.05) is 5.73 Å². The Morgan fingerprint density at radius 3 is 2.81 bits per heavy atom. The zero-order valence-electron chi connectivity index (χ0n) is 11.2. The second-order valence-electron chi connectivity index (χ2n) is 4.92. The number of benzene rings is 1. The van der Waals surface area contributed by atoms with E-state index in [9.17, 15) is 0 Å². The smallest absolute Gasteiger partial charge is 0.137 e. The maximum atomic E-state index is 6.15. The average molecular weight is 321 g/mol. The SMILES string of the molecule is Nc1cc(Cl)c(COC2=CC3=CC=CCC3N=C2)c(Cl)c1. The summed E-state index contributed by atoms with van der Waals surface area (Å²) in [6.07, 6.45) is 10.9. The Morgan fingerprint density at radius 2 is 2.05 bits per heavy atom. The molecule has 1 aromatic rings. The highest BCUT2D eigenvalue weighted by molar-refractivity contribution is 6.36. The van der Waals surface area contributed by atoms with Crippen LogP contribution in [-0.2, 0) is 11.3 Å². The first kappa shape index (κ1) is 14.2. The van der Waals surface area contributed by atoms with E-state index < -0.39 is 0 Å². The highest BCUT2D eigenvalue weighted by Crippen LogP contribution is 2.29. The van der Waals surface area contributed by atoms with E-state index >= 15 is 0 Å². The van der Waals surface area contributed by atoms with Crippen molar-refractivity contribution in [2.45, 2.75) is 19.1 Å². The predicted octanol–water partition coefficient (Wildman–Crippen LogP) is 4.32. The minimum atomic E-state index is 0.214. The molecule has 108 valence electrons. The summed E-state index contributed by atoms with van der Waals surface area (Å²) in [5, 5.41) is 1.01. The zero-order valence-corrected chi connectivity index (χ0v) is 12.7. The van der Waals surface area contributed by atoms with Gasteiger partial charge in [-0.3, -0.25) is 4.99 Å². The molecule has 0 fully saturated rings. The average Bonchev–Trinajstić information content (AvgIpc) is 2.46. The lowest BCUT2D eigenvalue weighted by molar-refractivity contribution is 0.218. The van der Waals surface area contributed by atoms with Crippen molar-refractivity contribution < 1.29 is 4.74 Å². The van der Waals surface area contributed by atoms with Gasteiger partial charge in [0.15, 0.2) is 0 Å². The van der Waals surface area contributed by atoms with Gasteiger partial charge in [-0.25, -0.2) is 0 Å². The van der Waals surface area contributed by atoms with Crippen LogP contribution in [0.3, 0.4) is 0 Å². The number of ether oxygens (including phenoxy) is 1. The number of nitrogens with two attached hydrogens (primary N) is 1. The first-order valence-corrected chi connectivity index (χ1v) is 7.37. The lowest BCUT2D eigenvalue weighted by atomic mass is 9.97. The molecule has 0 bridgehead atoms. The molecule has 21 heavy (non-hydrogen) atoms. The van der Waals surface area contributed by atoms with Gasteiger partial charge in [0.1, 0.15) is 12.4 Å². The Balaban J connectivity index is 1.74. The predicted molar refractivity (Wildman–Crippen MR) is 87.9 cm³/mol. The summed E-state index contributed by atoms with van der Waals surface area (Å²) in [6.45, 7) is 0.281. The molecule has 1 aliphatic heterocycles. The Morgan fingerprint density at radius 1 is 1.29 bits per heavy atom. The van der Waals surface area contributed by atoms with E-state index in [1.54, 1.807) is 18.3 Å². The van der Waals surface area contributed by atoms with Crippen LogP contribution in [0.15, 0.2) is 52.8 Å². The molecule has 0 amide bonds. The minimum absolute atomic E-state index is 0.214. The largest absolute Gasteiger partial charge is 0.487 e. The van der Waals surface area contributed by atoms with Gasteiger partial charge in [-0.1, -0.05) is 41.4 Å². The van der Waals surface area contributed by atoms with Crippen molar-refractivity contribution in [3.8, 4) is 0 Å². The maximum Gasteiger partial charge on any atom is 0.137 e. The molecule has 1 aromatic carbocycles. The maximum absolute atomic E-state index is 6.15. The van der Waals surface area contributed by atoms with E-state index in [4.69, 9.17) is 33.7 Å². The molecule has 2 N–H and O–H groups in total. The lowest BCUT2D eigenvalue weighted by Gasteiger charge is -2.20. The fourth-order valence-electron chi connectivity index (χ4n) is 2.28. The monoisotopic (exact) mass is 320 g/mol. The third-order valence-electron chi connectivity index (χ3n) is 3.41. The van der Waals surface area contributed by atoms with Crippen molar-refractivity contribution in [3.63, 3.8) is 0 Å². The molecule has 1 atom stereocenters. The van der Waals surface area contributed by atoms with Crippen LogP contribution in [0.1, 0.15) is 12.0 Å². The summed E-state index contributed by atoms with van der Waals surface area (Å²) < 4.78 is 5.76. The fourth-order valence-corrected chi connectivity index (χ4v) is 2.90. The number of rotatable bonds is 3. The van der Waals surface area contributed by atoms with E-state index in [2.05, 4.69) is 17.1 Å². The standard InChI is InChI=1S/C16H14Cl2N2O/c17-14-6-11(19)7-15(18)13(14)9-21-12-5-10-3-1-2-4-16(10)20-8-12/h1-3,5-8,16H,4,9,19H2. The third kappa shape index (κ3) is 3.14. The van der Waals surface area contributed by atoms with Crippen molar-refractivity contribution >= 4 is 35.1 Å². The molecule has 3 rings (SSSR count). The van der Waals surface area contributed by atoms with Crippen LogP contribution < -0.4 is 5.73 Å². The number of aliphatic imine (C=N–C) groups is 1. The molecule has 0 saturated heterocycles. The summed E-state index contributed by atoms with van der Waals surface area (Å²) >= 11 is 12.3. The second-order valence-corrected chi connectivity index (χ2v) is 5.74. The van der Waals surface area contributed by atoms with Crippen LogP contribution in [0.5, 0.6) is 0 Å². The number of hydrogen-bond acceptors (Lipinski definition) is 3. The summed E-state index contributed by atoms with van der Waals surface area (Å²) in [5.41, 5.74) is 8.10. The molecule has 5 heteroatoms. The van der Waals surface area contributed by atoms with Crippen LogP contribution in [0.4, 0.5) is 5.69 Å². The van der Waals surface area contributed by atoms with E-state index in [1.165, 1.54) is 0 Å². The van der Waals surface area contributed by atoms with Gasteiger partial charge in [0.25, 0.3) is 0 Å². The van der Waals surface area contributed by atoms with Gasteiger partial charge in [0, 0.05) is 11.3 Å². The lowest BCUT2D eigenvalue weighted by Crippen LogP contribution is -2.14. The van der Waals surface area contributed by atoms with Crippen LogP contribution >= 0.6 is 23.2 Å². The van der Waals surface area contributed by atoms with Gasteiger partial charge in [-0.2, -0.15) is 0 Å². The summed E-state index contributed by atoms with van der Waals surface area (Å²) in [4.78, 5) is 4.48. The first-order valence-electron chi connectivity index (χ1n) is 6.61. The Bertz CT molecular complexity index is 667. The van der Waals surface area contributed by atoms with Crippen LogP contribution in [0, 0.1) is 0 Å². The number of halogens is 2. The molecule has 3 nitrogen and oxygen atoms in total. The quantitative estimate of drug-likeness (QED) is 0.843. The summed E-state index contributed by atoms with van der Waals surface area (Å²) in [7, 11) is 0. The highest BCUT2D eigenvalue weighted by Gasteiger charge is 2.17. The first-order chi connectivity index (χ1) is 10.1. The number of allylic oxidation sites excluding steroid dienone is 3. The molecule has 1 unspecified atom stereocenters. The number of nitrogens with zero attached hydrogens (tertiary/aromatic N) is 1. The summed E-state index contributed by atoms with van der Waals surface area (Å²) in [5.74, 6) is 0.705. The molecule has 0 saturated carbocycles. The zero-order chi connectivity index (χ0) is 14.8. The summed E-state index contributed by atoms with van der Waals surface area (Å²) in [6, 6.07) is 3.55.